The van der Waals surface area contributed by atoms with Crippen molar-refractivity contribution in [1.82, 2.24) is 30.0 Å². The summed E-state index contributed by atoms with van der Waals surface area (Å²) < 4.78 is 22.3. The molecule has 4 heterocycles. The molecule has 210 valence electrons. The third-order valence-corrected chi connectivity index (χ3v) is 7.86. The topological polar surface area (TPSA) is 100 Å². The van der Waals surface area contributed by atoms with Crippen molar-refractivity contribution < 1.29 is 13.9 Å². The van der Waals surface area contributed by atoms with Crippen LogP contribution in [0.5, 0.6) is 6.01 Å². The molecule has 2 saturated heterocycles. The number of carbonyl (C=O) groups excluding carboxylic acids is 1. The Morgan fingerprint density at radius 3 is 2.73 bits per heavy atom. The van der Waals surface area contributed by atoms with Gasteiger partial charge in [-0.25, -0.2) is 9.37 Å². The third kappa shape index (κ3) is 5.18. The summed E-state index contributed by atoms with van der Waals surface area (Å²) in [5, 5.41) is 11.9. The zero-order valence-electron chi connectivity index (χ0n) is 23.3. The highest BCUT2D eigenvalue weighted by Crippen LogP contribution is 2.31. The zero-order chi connectivity index (χ0) is 28.0. The third-order valence-electron chi connectivity index (χ3n) is 7.86. The number of benzene rings is 2. The Morgan fingerprint density at radius 1 is 1.18 bits per heavy atom. The number of likely N-dealkylation sites (N-methyl/N-ethyl adjacent to an activating group) is 1. The van der Waals surface area contributed by atoms with Crippen LogP contribution in [-0.4, -0.2) is 82.0 Å². The average molecular weight is 547 g/mol. The van der Waals surface area contributed by atoms with Gasteiger partial charge in [-0.1, -0.05) is 0 Å². The van der Waals surface area contributed by atoms with Crippen molar-refractivity contribution in [2.45, 2.75) is 44.8 Å². The fraction of sp³-hybridized carbons (Fsp3) is 0.448. The van der Waals surface area contributed by atoms with Crippen molar-refractivity contribution >= 4 is 39.1 Å². The highest BCUT2D eigenvalue weighted by molar-refractivity contribution is 6.14. The van der Waals surface area contributed by atoms with Gasteiger partial charge >= 0.3 is 6.01 Å². The van der Waals surface area contributed by atoms with Gasteiger partial charge in [0, 0.05) is 72.8 Å². The quantitative estimate of drug-likeness (QED) is 0.379. The number of piperazine rings is 1. The number of hydrogen-bond donors (Lipinski definition) is 2. The van der Waals surface area contributed by atoms with E-state index >= 15 is 0 Å². The molecule has 0 aliphatic carbocycles. The molecule has 2 aromatic carbocycles. The summed E-state index contributed by atoms with van der Waals surface area (Å²) in [6.45, 7) is 7.50. The zero-order valence-corrected chi connectivity index (χ0v) is 23.3. The lowest BCUT2D eigenvalue weighted by molar-refractivity contribution is 0.102. The molecule has 1 amide bonds. The Labute approximate surface area is 232 Å². The number of hydrogen-bond acceptors (Lipinski definition) is 8. The summed E-state index contributed by atoms with van der Waals surface area (Å²) in [7, 11) is 3.83. The van der Waals surface area contributed by atoms with Crippen LogP contribution < -0.4 is 20.3 Å². The number of nitrogens with zero attached hydrogens (tertiary/aromatic N) is 6. The van der Waals surface area contributed by atoms with E-state index in [1.165, 1.54) is 6.07 Å². The van der Waals surface area contributed by atoms with E-state index in [4.69, 9.17) is 9.72 Å². The van der Waals surface area contributed by atoms with E-state index in [2.05, 4.69) is 51.4 Å². The Kier molecular flexibility index (Phi) is 7.01. The first-order valence-electron chi connectivity index (χ1n) is 13.8. The Bertz CT molecular complexity index is 1560. The number of aromatic nitrogens is 4. The lowest BCUT2D eigenvalue weighted by Gasteiger charge is -2.38. The molecule has 2 aliphatic heterocycles. The second-order valence-corrected chi connectivity index (χ2v) is 11.2. The summed E-state index contributed by atoms with van der Waals surface area (Å²) in [4.78, 5) is 27.5. The molecule has 0 spiro atoms. The first kappa shape index (κ1) is 26.4. The number of ether oxygens (including phenoxy) is 1. The minimum Gasteiger partial charge on any atom is -0.462 e. The maximum Gasteiger partial charge on any atom is 0.316 e. The molecule has 3 unspecified atom stereocenters. The summed E-state index contributed by atoms with van der Waals surface area (Å²) in [5.41, 5.74) is 2.45. The van der Waals surface area contributed by atoms with E-state index in [1.807, 2.05) is 6.07 Å². The Morgan fingerprint density at radius 2 is 1.98 bits per heavy atom. The molecule has 2 aliphatic rings. The van der Waals surface area contributed by atoms with Crippen molar-refractivity contribution in [3.05, 3.63) is 48.0 Å². The number of likely N-dealkylation sites (tertiary alicyclic amines) is 1. The lowest BCUT2D eigenvalue weighted by atomic mass is 10.0. The predicted octanol–water partition coefficient (Wildman–Crippen LogP) is 3.57. The average Bonchev–Trinajstić information content (AvgIpc) is 3.50. The highest BCUT2D eigenvalue weighted by Gasteiger charge is 2.26. The van der Waals surface area contributed by atoms with Gasteiger partial charge in [-0.3, -0.25) is 9.48 Å². The van der Waals surface area contributed by atoms with Gasteiger partial charge in [0.15, 0.2) is 5.82 Å². The van der Waals surface area contributed by atoms with Crippen LogP contribution in [0.15, 0.2) is 36.7 Å². The molecule has 0 radical (unpaired) electrons. The van der Waals surface area contributed by atoms with Crippen molar-refractivity contribution in [2.24, 2.45) is 7.05 Å². The minimum absolute atomic E-state index is 0.240. The summed E-state index contributed by atoms with van der Waals surface area (Å²) in [5.74, 6) is -0.883. The molecule has 2 fully saturated rings. The number of amides is 1. The van der Waals surface area contributed by atoms with Crippen molar-refractivity contribution in [1.29, 1.82) is 0 Å². The van der Waals surface area contributed by atoms with Crippen LogP contribution in [0.1, 0.15) is 37.0 Å². The van der Waals surface area contributed by atoms with E-state index in [-0.39, 0.29) is 17.4 Å². The standard InChI is InChI=1S/C29H35FN8O2/c1-17-13-38(14-18(2)32-17)25-8-7-22(28(39)33-20-10-19-15-37(4)35-26(19)24(30)11-20)27-23(25)12-31-29(34-27)40-16-21-6-5-9-36(21)3/h7-8,10-12,15,17-18,21,32H,5-6,9,13-14,16H2,1-4H3,(H,33,39). The maximum absolute atomic E-state index is 14.7. The van der Waals surface area contributed by atoms with E-state index in [0.29, 0.717) is 46.9 Å². The van der Waals surface area contributed by atoms with E-state index in [0.717, 1.165) is 43.5 Å². The maximum atomic E-state index is 14.7. The summed E-state index contributed by atoms with van der Waals surface area (Å²) in [6.07, 6.45) is 5.68. The van der Waals surface area contributed by atoms with E-state index < -0.39 is 5.82 Å². The lowest BCUT2D eigenvalue weighted by Crippen LogP contribution is -2.54. The predicted molar refractivity (Wildman–Crippen MR) is 154 cm³/mol. The second kappa shape index (κ2) is 10.6. The van der Waals surface area contributed by atoms with Gasteiger partial charge in [0.05, 0.1) is 11.1 Å². The molecule has 40 heavy (non-hydrogen) atoms. The van der Waals surface area contributed by atoms with Crippen LogP contribution in [0, 0.1) is 5.82 Å². The normalized spacial score (nSPS) is 21.8. The van der Waals surface area contributed by atoms with Gasteiger partial charge in [-0.15, -0.1) is 0 Å². The number of rotatable bonds is 6. The SMILES string of the molecule is CC1CN(c2ccc(C(=O)Nc3cc(F)c4nn(C)cc4c3)c3nc(OCC4CCCN4C)ncc23)CC(C)N1. The van der Waals surface area contributed by atoms with Gasteiger partial charge in [-0.05, 0) is 64.5 Å². The van der Waals surface area contributed by atoms with Crippen LogP contribution in [-0.2, 0) is 7.05 Å². The van der Waals surface area contributed by atoms with Gasteiger partial charge in [-0.2, -0.15) is 10.1 Å². The molecule has 11 heteroatoms. The monoisotopic (exact) mass is 546 g/mol. The first-order chi connectivity index (χ1) is 19.2. The molecule has 0 bridgehead atoms. The van der Waals surface area contributed by atoms with Gasteiger partial charge in [0.2, 0.25) is 0 Å². The molecule has 10 nitrogen and oxygen atoms in total. The summed E-state index contributed by atoms with van der Waals surface area (Å²) >= 11 is 0. The van der Waals surface area contributed by atoms with Crippen LogP contribution in [0.25, 0.3) is 21.8 Å². The Hall–Kier alpha value is -3.83. The van der Waals surface area contributed by atoms with Gasteiger partial charge in [0.25, 0.3) is 5.91 Å². The Balaban J connectivity index is 1.35. The number of fused-ring (bicyclic) bond motifs is 2. The molecule has 2 N–H and O–H groups in total. The molecular weight excluding hydrogens is 511 g/mol. The number of aryl methyl sites for hydroxylation is 1. The molecular formula is C29H35FN8O2. The van der Waals surface area contributed by atoms with Crippen molar-refractivity contribution in [3.63, 3.8) is 0 Å². The molecule has 0 saturated carbocycles. The molecule has 4 aromatic rings. The van der Waals surface area contributed by atoms with E-state index in [9.17, 15) is 9.18 Å². The smallest absolute Gasteiger partial charge is 0.316 e. The van der Waals surface area contributed by atoms with E-state index in [1.54, 1.807) is 36.3 Å². The summed E-state index contributed by atoms with van der Waals surface area (Å²) in [6, 6.07) is 7.91. The largest absolute Gasteiger partial charge is 0.462 e. The van der Waals surface area contributed by atoms with Crippen LogP contribution in [0.4, 0.5) is 15.8 Å². The number of halogens is 1. The van der Waals surface area contributed by atoms with Crippen molar-refractivity contribution in [3.8, 4) is 6.01 Å². The van der Waals surface area contributed by atoms with Crippen LogP contribution >= 0.6 is 0 Å². The molecule has 2 aromatic heterocycles. The molecule has 6 rings (SSSR count). The van der Waals surface area contributed by atoms with Crippen LogP contribution in [0.2, 0.25) is 0 Å². The van der Waals surface area contributed by atoms with Crippen molar-refractivity contribution in [2.75, 3.05) is 43.5 Å². The number of anilines is 2. The second-order valence-electron chi connectivity index (χ2n) is 11.2. The fourth-order valence-corrected chi connectivity index (χ4v) is 5.98. The fourth-order valence-electron chi connectivity index (χ4n) is 5.98. The highest BCUT2D eigenvalue weighted by atomic mass is 19.1. The van der Waals surface area contributed by atoms with Crippen LogP contribution in [0.3, 0.4) is 0 Å². The number of carbonyl (C=O) groups is 1. The molecule has 3 atom stereocenters. The number of nitrogens with one attached hydrogen (secondary N) is 2. The van der Waals surface area contributed by atoms with Gasteiger partial charge < -0.3 is 25.2 Å². The first-order valence-corrected chi connectivity index (χ1v) is 13.8. The van der Waals surface area contributed by atoms with Gasteiger partial charge in [0.1, 0.15) is 12.1 Å². The minimum atomic E-state index is -0.495.